The highest BCUT2D eigenvalue weighted by atomic mass is 32.2. The summed E-state index contributed by atoms with van der Waals surface area (Å²) in [5.41, 5.74) is 1.71. The normalized spacial score (nSPS) is 12.6. The van der Waals surface area contributed by atoms with Crippen molar-refractivity contribution in [2.24, 2.45) is 0 Å². The lowest BCUT2D eigenvalue weighted by molar-refractivity contribution is 0.168. The number of carbonyl (C=O) groups excluding carboxylic acids is 1. The molecule has 32 heavy (non-hydrogen) atoms. The Morgan fingerprint density at radius 2 is 2.00 bits per heavy atom. The molecule has 0 spiro atoms. The third-order valence-electron chi connectivity index (χ3n) is 4.54. The molecule has 1 atom stereocenters. The summed E-state index contributed by atoms with van der Waals surface area (Å²) < 4.78 is 42.6. The van der Waals surface area contributed by atoms with Gasteiger partial charge in [-0.2, -0.15) is 13.5 Å². The van der Waals surface area contributed by atoms with E-state index in [4.69, 9.17) is 0 Å². The van der Waals surface area contributed by atoms with Crippen LogP contribution >= 0.6 is 0 Å². The standard InChI is InChI=1S/C21H24FN5O4S/c1-13(2)17-9-16(22)10-18(15-5-4-7-23-11-15)20(17)24-21(29)26-32(30,31)19-6-8-27(25-19)12-14(3)28/h4-11,13-14,28H,12H2,1-3H3,(H2,24,26,29)/t14-/m0/s1. The summed E-state index contributed by atoms with van der Waals surface area (Å²) in [5, 5.41) is 15.5. The summed E-state index contributed by atoms with van der Waals surface area (Å²) in [4.78, 5) is 16.7. The number of nitrogens with zero attached hydrogens (tertiary/aromatic N) is 3. The van der Waals surface area contributed by atoms with Crippen LogP contribution in [0.4, 0.5) is 14.9 Å². The van der Waals surface area contributed by atoms with Crippen LogP contribution < -0.4 is 10.0 Å². The maximum atomic E-state index is 14.3. The molecule has 11 heteroatoms. The van der Waals surface area contributed by atoms with Gasteiger partial charge in [-0.1, -0.05) is 19.9 Å². The Morgan fingerprint density at radius 1 is 1.25 bits per heavy atom. The monoisotopic (exact) mass is 461 g/mol. The van der Waals surface area contributed by atoms with Crippen molar-refractivity contribution in [1.29, 1.82) is 0 Å². The number of aromatic nitrogens is 3. The Bertz CT molecular complexity index is 1210. The first-order chi connectivity index (χ1) is 15.1. The number of nitrogens with one attached hydrogen (secondary N) is 2. The average Bonchev–Trinajstić information content (AvgIpc) is 3.18. The molecule has 0 fully saturated rings. The summed E-state index contributed by atoms with van der Waals surface area (Å²) in [5.74, 6) is -0.654. The van der Waals surface area contributed by atoms with E-state index in [2.05, 4.69) is 15.4 Å². The molecule has 3 N–H and O–H groups in total. The highest BCUT2D eigenvalue weighted by Gasteiger charge is 2.23. The third-order valence-corrected chi connectivity index (χ3v) is 5.76. The van der Waals surface area contributed by atoms with Crippen molar-refractivity contribution < 1.29 is 22.7 Å². The van der Waals surface area contributed by atoms with Crippen molar-refractivity contribution in [2.75, 3.05) is 5.32 Å². The minimum atomic E-state index is -4.28. The first-order valence-electron chi connectivity index (χ1n) is 9.86. The lowest BCUT2D eigenvalue weighted by Gasteiger charge is -2.19. The highest BCUT2D eigenvalue weighted by molar-refractivity contribution is 7.90. The van der Waals surface area contributed by atoms with Crippen molar-refractivity contribution in [2.45, 2.75) is 44.4 Å². The van der Waals surface area contributed by atoms with E-state index in [0.717, 1.165) is 0 Å². The zero-order chi connectivity index (χ0) is 23.5. The van der Waals surface area contributed by atoms with E-state index < -0.39 is 28.0 Å². The molecule has 0 unspecified atom stereocenters. The molecule has 170 valence electrons. The van der Waals surface area contributed by atoms with E-state index >= 15 is 0 Å². The van der Waals surface area contributed by atoms with Gasteiger partial charge in [0.2, 0.25) is 0 Å². The summed E-state index contributed by atoms with van der Waals surface area (Å²) >= 11 is 0. The van der Waals surface area contributed by atoms with Crippen LogP contribution in [0.3, 0.4) is 0 Å². The zero-order valence-corrected chi connectivity index (χ0v) is 18.6. The zero-order valence-electron chi connectivity index (χ0n) is 17.8. The Morgan fingerprint density at radius 3 is 2.62 bits per heavy atom. The lowest BCUT2D eigenvalue weighted by Crippen LogP contribution is -2.35. The fourth-order valence-corrected chi connectivity index (χ4v) is 4.00. The van der Waals surface area contributed by atoms with Crippen molar-refractivity contribution in [3.8, 4) is 11.1 Å². The third kappa shape index (κ3) is 5.48. The van der Waals surface area contributed by atoms with Crippen LogP contribution in [0, 0.1) is 5.82 Å². The summed E-state index contributed by atoms with van der Waals surface area (Å²) in [6, 6.07) is 6.13. The molecule has 0 saturated heterocycles. The number of pyridine rings is 1. The maximum Gasteiger partial charge on any atom is 0.333 e. The van der Waals surface area contributed by atoms with Crippen LogP contribution in [0.25, 0.3) is 11.1 Å². The molecule has 2 aromatic heterocycles. The Labute approximate surface area is 185 Å². The van der Waals surface area contributed by atoms with Gasteiger partial charge in [-0.15, -0.1) is 0 Å². The van der Waals surface area contributed by atoms with E-state index in [-0.39, 0.29) is 23.2 Å². The lowest BCUT2D eigenvalue weighted by atomic mass is 9.94. The molecule has 0 aliphatic heterocycles. The van der Waals surface area contributed by atoms with Gasteiger partial charge in [0.25, 0.3) is 10.0 Å². The molecular weight excluding hydrogens is 437 g/mol. The second-order valence-corrected chi connectivity index (χ2v) is 9.23. The molecule has 1 aromatic carbocycles. The van der Waals surface area contributed by atoms with Crippen LogP contribution in [-0.4, -0.2) is 40.4 Å². The summed E-state index contributed by atoms with van der Waals surface area (Å²) in [6.07, 6.45) is 3.75. The number of anilines is 1. The molecule has 0 bridgehead atoms. The first-order valence-corrected chi connectivity index (χ1v) is 11.3. The molecule has 0 saturated carbocycles. The Kier molecular flexibility index (Phi) is 6.90. The fourth-order valence-electron chi connectivity index (χ4n) is 3.14. The van der Waals surface area contributed by atoms with Crippen molar-refractivity contribution in [3.05, 3.63) is 60.3 Å². The Balaban J connectivity index is 1.91. The molecule has 0 aliphatic rings. The van der Waals surface area contributed by atoms with Gasteiger partial charge in [0.15, 0.2) is 5.03 Å². The number of carbonyl (C=O) groups is 1. The van der Waals surface area contributed by atoms with Gasteiger partial charge in [0.1, 0.15) is 5.82 Å². The van der Waals surface area contributed by atoms with Crippen LogP contribution in [-0.2, 0) is 16.6 Å². The van der Waals surface area contributed by atoms with E-state index in [0.29, 0.717) is 16.7 Å². The molecule has 9 nitrogen and oxygen atoms in total. The SMILES string of the molecule is CC(C)c1cc(F)cc(-c2cccnc2)c1NC(=O)NS(=O)(=O)c1ccn(C[C@H](C)O)n1. The number of rotatable bonds is 7. The fraction of sp³-hybridized carbons (Fsp3) is 0.286. The number of hydrogen-bond donors (Lipinski definition) is 3. The molecule has 2 amide bonds. The van der Waals surface area contributed by atoms with Gasteiger partial charge in [-0.3, -0.25) is 9.67 Å². The van der Waals surface area contributed by atoms with E-state index in [1.54, 1.807) is 18.3 Å². The van der Waals surface area contributed by atoms with Gasteiger partial charge < -0.3 is 10.4 Å². The topological polar surface area (TPSA) is 126 Å². The van der Waals surface area contributed by atoms with Gasteiger partial charge >= 0.3 is 6.03 Å². The summed E-state index contributed by atoms with van der Waals surface area (Å²) in [6.45, 7) is 5.30. The smallest absolute Gasteiger partial charge is 0.333 e. The molecule has 0 aliphatic carbocycles. The molecule has 0 radical (unpaired) electrons. The van der Waals surface area contributed by atoms with Gasteiger partial charge in [0.05, 0.1) is 18.3 Å². The van der Waals surface area contributed by atoms with E-state index in [1.807, 2.05) is 18.6 Å². The molecule has 2 heterocycles. The molecule has 3 rings (SSSR count). The second-order valence-electron chi connectivity index (χ2n) is 7.60. The number of amides is 2. The predicted molar refractivity (Wildman–Crippen MR) is 117 cm³/mol. The number of aliphatic hydroxyl groups is 1. The predicted octanol–water partition coefficient (Wildman–Crippen LogP) is 3.10. The van der Waals surface area contributed by atoms with E-state index in [1.165, 1.54) is 42.2 Å². The van der Waals surface area contributed by atoms with Crippen LogP contribution in [0.15, 0.2) is 53.9 Å². The average molecular weight is 462 g/mol. The van der Waals surface area contributed by atoms with Gasteiger partial charge in [-0.05, 0) is 42.7 Å². The van der Waals surface area contributed by atoms with Crippen LogP contribution in [0.5, 0.6) is 0 Å². The first kappa shape index (κ1) is 23.4. The summed E-state index contributed by atoms with van der Waals surface area (Å²) in [7, 11) is -4.28. The van der Waals surface area contributed by atoms with Crippen LogP contribution in [0.1, 0.15) is 32.3 Å². The van der Waals surface area contributed by atoms with Gasteiger partial charge in [-0.25, -0.2) is 13.9 Å². The van der Waals surface area contributed by atoms with Crippen molar-refractivity contribution >= 4 is 21.7 Å². The number of halogens is 1. The number of hydrogen-bond acceptors (Lipinski definition) is 6. The maximum absolute atomic E-state index is 14.3. The van der Waals surface area contributed by atoms with Crippen LogP contribution in [0.2, 0.25) is 0 Å². The number of sulfonamides is 1. The number of aliphatic hydroxyl groups excluding tert-OH is 1. The van der Waals surface area contributed by atoms with E-state index in [9.17, 15) is 22.7 Å². The number of benzene rings is 1. The largest absolute Gasteiger partial charge is 0.391 e. The Hall–Kier alpha value is -3.31. The highest BCUT2D eigenvalue weighted by Crippen LogP contribution is 2.35. The molecule has 3 aromatic rings. The minimum absolute atomic E-state index is 0.101. The molecular formula is C21H24FN5O4S. The number of urea groups is 1. The van der Waals surface area contributed by atoms with Crippen molar-refractivity contribution in [1.82, 2.24) is 19.5 Å². The second kappa shape index (κ2) is 9.45. The van der Waals surface area contributed by atoms with Crippen molar-refractivity contribution in [3.63, 3.8) is 0 Å². The van der Waals surface area contributed by atoms with Gasteiger partial charge in [0, 0.05) is 29.7 Å². The minimum Gasteiger partial charge on any atom is -0.391 e. The quantitative estimate of drug-likeness (QED) is 0.496.